The fraction of sp³-hybridized carbons (Fsp3) is 0.455. The van der Waals surface area contributed by atoms with E-state index in [0.29, 0.717) is 5.56 Å². The van der Waals surface area contributed by atoms with Crippen LogP contribution in [-0.4, -0.2) is 17.0 Å². The van der Waals surface area contributed by atoms with Crippen LogP contribution >= 0.6 is 0 Å². The number of hydrogen-bond donors (Lipinski definition) is 0. The second-order valence-corrected chi connectivity index (χ2v) is 4.62. The molecule has 0 heterocycles. The summed E-state index contributed by atoms with van der Waals surface area (Å²) in [5, 5.41) is 21.9. The molecule has 1 aliphatic carbocycles. The Hall–Kier alpha value is -2.18. The predicted molar refractivity (Wildman–Crippen MR) is 62.9 cm³/mol. The van der Waals surface area contributed by atoms with E-state index in [2.05, 4.69) is 0 Å². The van der Waals surface area contributed by atoms with Crippen molar-refractivity contribution in [1.29, 1.82) is 0 Å². The van der Waals surface area contributed by atoms with Crippen LogP contribution in [0.25, 0.3) is 0 Å². The SMILES string of the molecule is COc1c([N+](=O)[O-])cc(C2(C)CC2)cc1[N+](=O)[O-]. The van der Waals surface area contributed by atoms with E-state index in [4.69, 9.17) is 4.74 Å². The van der Waals surface area contributed by atoms with Crippen LogP contribution in [0.4, 0.5) is 11.4 Å². The molecule has 1 aromatic rings. The van der Waals surface area contributed by atoms with Crippen LogP contribution in [0.5, 0.6) is 5.75 Å². The Morgan fingerprint density at radius 2 is 1.61 bits per heavy atom. The lowest BCUT2D eigenvalue weighted by atomic mass is 9.97. The molecule has 0 aromatic heterocycles. The van der Waals surface area contributed by atoms with E-state index in [0.717, 1.165) is 12.8 Å². The van der Waals surface area contributed by atoms with Crippen LogP contribution in [-0.2, 0) is 5.41 Å². The minimum Gasteiger partial charge on any atom is -0.485 e. The molecule has 1 fully saturated rings. The number of rotatable bonds is 4. The van der Waals surface area contributed by atoms with Crippen molar-refractivity contribution in [1.82, 2.24) is 0 Å². The quantitative estimate of drug-likeness (QED) is 0.606. The Labute approximate surface area is 103 Å². The Morgan fingerprint density at radius 1 is 1.17 bits per heavy atom. The molecule has 0 radical (unpaired) electrons. The molecule has 0 saturated heterocycles. The maximum Gasteiger partial charge on any atom is 0.318 e. The molecule has 0 aliphatic heterocycles. The number of hydrogen-bond acceptors (Lipinski definition) is 5. The largest absolute Gasteiger partial charge is 0.485 e. The van der Waals surface area contributed by atoms with Crippen molar-refractivity contribution in [2.24, 2.45) is 0 Å². The van der Waals surface area contributed by atoms with Crippen LogP contribution in [0.2, 0.25) is 0 Å². The molecule has 7 nitrogen and oxygen atoms in total. The number of methoxy groups -OCH3 is 1. The maximum atomic E-state index is 11.0. The van der Waals surface area contributed by atoms with Gasteiger partial charge in [0.05, 0.1) is 17.0 Å². The summed E-state index contributed by atoms with van der Waals surface area (Å²) in [6.07, 6.45) is 1.77. The highest BCUT2D eigenvalue weighted by Crippen LogP contribution is 2.51. The van der Waals surface area contributed by atoms with Gasteiger partial charge in [-0.1, -0.05) is 6.92 Å². The lowest BCUT2D eigenvalue weighted by Crippen LogP contribution is -2.05. The van der Waals surface area contributed by atoms with Gasteiger partial charge in [-0.15, -0.1) is 0 Å². The van der Waals surface area contributed by atoms with E-state index in [1.807, 2.05) is 6.92 Å². The first kappa shape index (κ1) is 12.3. The molecule has 96 valence electrons. The molecule has 0 bridgehead atoms. The minimum absolute atomic E-state index is 0.179. The highest BCUT2D eigenvalue weighted by Gasteiger charge is 2.42. The van der Waals surface area contributed by atoms with Gasteiger partial charge in [-0.3, -0.25) is 20.2 Å². The van der Waals surface area contributed by atoms with Crippen molar-refractivity contribution in [3.63, 3.8) is 0 Å². The van der Waals surface area contributed by atoms with Gasteiger partial charge in [0.1, 0.15) is 0 Å². The molecular formula is C11H12N2O5. The monoisotopic (exact) mass is 252 g/mol. The van der Waals surface area contributed by atoms with Gasteiger partial charge in [-0.25, -0.2) is 0 Å². The van der Waals surface area contributed by atoms with E-state index < -0.39 is 9.85 Å². The standard InChI is InChI=1S/C11H12N2O5/c1-11(3-4-11)7-5-8(12(14)15)10(18-2)9(6-7)13(16)17/h5-6H,3-4H2,1-2H3. The molecule has 18 heavy (non-hydrogen) atoms. The summed E-state index contributed by atoms with van der Waals surface area (Å²) in [4.78, 5) is 20.6. The van der Waals surface area contributed by atoms with Crippen LogP contribution in [0, 0.1) is 20.2 Å². The molecule has 0 N–H and O–H groups in total. The molecule has 7 heteroatoms. The second kappa shape index (κ2) is 3.94. The van der Waals surface area contributed by atoms with Crippen molar-refractivity contribution in [2.75, 3.05) is 7.11 Å². The first-order valence-corrected chi connectivity index (χ1v) is 5.40. The van der Waals surface area contributed by atoms with Gasteiger partial charge in [-0.05, 0) is 23.8 Å². The van der Waals surface area contributed by atoms with E-state index in [1.165, 1.54) is 19.2 Å². The van der Waals surface area contributed by atoms with Gasteiger partial charge in [-0.2, -0.15) is 0 Å². The third kappa shape index (κ3) is 1.87. The van der Waals surface area contributed by atoms with Crippen LogP contribution in [0.15, 0.2) is 12.1 Å². The molecule has 0 unspecified atom stereocenters. The number of ether oxygens (including phenoxy) is 1. The summed E-state index contributed by atoms with van der Waals surface area (Å²) in [6, 6.07) is 2.75. The van der Waals surface area contributed by atoms with Gasteiger partial charge in [0.15, 0.2) is 0 Å². The van der Waals surface area contributed by atoms with E-state index in [9.17, 15) is 20.2 Å². The molecular weight excluding hydrogens is 240 g/mol. The number of nitro groups is 2. The molecule has 2 rings (SSSR count). The van der Waals surface area contributed by atoms with Gasteiger partial charge in [0.25, 0.3) is 5.75 Å². The number of nitrogens with zero attached hydrogens (tertiary/aromatic N) is 2. The van der Waals surface area contributed by atoms with Crippen LogP contribution in [0.1, 0.15) is 25.3 Å². The normalized spacial score (nSPS) is 16.1. The lowest BCUT2D eigenvalue weighted by Gasteiger charge is -2.10. The van der Waals surface area contributed by atoms with Crippen molar-refractivity contribution >= 4 is 11.4 Å². The van der Waals surface area contributed by atoms with Crippen LogP contribution < -0.4 is 4.74 Å². The molecule has 0 amide bonds. The summed E-state index contributed by atoms with van der Waals surface area (Å²) < 4.78 is 4.80. The zero-order chi connectivity index (χ0) is 13.5. The zero-order valence-corrected chi connectivity index (χ0v) is 10.0. The Kier molecular flexibility index (Phi) is 2.68. The average Bonchev–Trinajstić information content (AvgIpc) is 3.06. The second-order valence-electron chi connectivity index (χ2n) is 4.62. The van der Waals surface area contributed by atoms with Gasteiger partial charge < -0.3 is 4.74 Å². The summed E-state index contributed by atoms with van der Waals surface area (Å²) in [6.45, 7) is 1.93. The fourth-order valence-corrected chi connectivity index (χ4v) is 1.90. The van der Waals surface area contributed by atoms with Gasteiger partial charge in [0, 0.05) is 12.1 Å². The summed E-state index contributed by atoms with van der Waals surface area (Å²) in [5.41, 5.74) is -0.256. The maximum absolute atomic E-state index is 11.0. The summed E-state index contributed by atoms with van der Waals surface area (Å²) in [7, 11) is 1.19. The van der Waals surface area contributed by atoms with E-state index in [1.54, 1.807) is 0 Å². The Bertz CT molecular complexity index is 501. The van der Waals surface area contributed by atoms with Crippen LogP contribution in [0.3, 0.4) is 0 Å². The number of nitro benzene ring substituents is 2. The molecule has 1 aliphatic rings. The smallest absolute Gasteiger partial charge is 0.318 e. The zero-order valence-electron chi connectivity index (χ0n) is 10.0. The first-order chi connectivity index (χ1) is 8.39. The third-order valence-electron chi connectivity index (χ3n) is 3.34. The lowest BCUT2D eigenvalue weighted by molar-refractivity contribution is -0.396. The van der Waals surface area contributed by atoms with Gasteiger partial charge >= 0.3 is 11.4 Å². The van der Waals surface area contributed by atoms with E-state index in [-0.39, 0.29) is 22.5 Å². The molecule has 0 spiro atoms. The van der Waals surface area contributed by atoms with Crippen molar-refractivity contribution in [2.45, 2.75) is 25.2 Å². The minimum atomic E-state index is -0.652. The average molecular weight is 252 g/mol. The van der Waals surface area contributed by atoms with E-state index >= 15 is 0 Å². The van der Waals surface area contributed by atoms with Crippen molar-refractivity contribution in [3.05, 3.63) is 37.9 Å². The predicted octanol–water partition coefficient (Wildman–Crippen LogP) is 2.56. The third-order valence-corrected chi connectivity index (χ3v) is 3.34. The molecule has 0 atom stereocenters. The summed E-state index contributed by atoms with van der Waals surface area (Å²) >= 11 is 0. The first-order valence-electron chi connectivity index (χ1n) is 5.40. The fourth-order valence-electron chi connectivity index (χ4n) is 1.90. The Balaban J connectivity index is 2.67. The highest BCUT2D eigenvalue weighted by atomic mass is 16.6. The highest BCUT2D eigenvalue weighted by molar-refractivity contribution is 5.63. The van der Waals surface area contributed by atoms with Gasteiger partial charge in [0.2, 0.25) is 0 Å². The number of benzene rings is 1. The molecule has 1 saturated carbocycles. The van der Waals surface area contributed by atoms with Crippen molar-refractivity contribution in [3.8, 4) is 5.75 Å². The van der Waals surface area contributed by atoms with Crippen molar-refractivity contribution < 1.29 is 14.6 Å². The summed E-state index contributed by atoms with van der Waals surface area (Å²) in [5.74, 6) is -0.294. The topological polar surface area (TPSA) is 95.5 Å². The Morgan fingerprint density at radius 3 is 1.89 bits per heavy atom. The molecule has 1 aromatic carbocycles.